The molecule has 2 heterocycles. The maximum Gasteiger partial charge on any atom is 0.435 e. The van der Waals surface area contributed by atoms with Crippen LogP contribution in [0.15, 0.2) is 128 Å². The summed E-state index contributed by atoms with van der Waals surface area (Å²) < 4.78 is 198. The second-order valence-corrected chi connectivity index (χ2v) is 21.1. The van der Waals surface area contributed by atoms with Gasteiger partial charge in [-0.1, -0.05) is 12.1 Å². The van der Waals surface area contributed by atoms with E-state index in [1.54, 1.807) is 0 Å². The van der Waals surface area contributed by atoms with E-state index in [1.165, 1.54) is 120 Å². The zero-order valence-electron chi connectivity index (χ0n) is 43.2. The standard InChI is InChI=1S/C25H18Br2F7N3O4.C25H18Br2F7N3O3.CH2Cl2/c1-35(21(38)13-7-9-37(40)10-8-13)18-6-4-5-15(20(18)41-3)22(39)36(2)19-16(26)11-14(12-17(19)27)23(28,24(29,30)31)25(32,33)34;1-36(21(38)13-7-9-35-10-8-13)18-6-4-5-15(20(18)40-3)22(39)37(2)19-16(26)11-14(12-17(19)27)23(28,24(29,30)31)25(32,33)34;2-1-3/h4-12H,1-3H3;4-12H,1-3H3;1H2. The number of carbonyl (C=O) groups is 4. The highest BCUT2D eigenvalue weighted by molar-refractivity contribution is 9.11. The lowest BCUT2D eigenvalue weighted by atomic mass is 9.94. The number of anilines is 4. The Hall–Kier alpha value is -6.02. The van der Waals surface area contributed by atoms with E-state index >= 15 is 0 Å². The smallest absolute Gasteiger partial charge is 0.435 e. The third-order valence-electron chi connectivity index (χ3n) is 11.8. The lowest BCUT2D eigenvalue weighted by molar-refractivity contribution is -0.605. The Bertz CT molecular complexity index is 3310. The van der Waals surface area contributed by atoms with Crippen molar-refractivity contribution in [2.75, 3.05) is 67.3 Å². The second-order valence-electron chi connectivity index (χ2n) is 16.8. The molecule has 6 rings (SSSR count). The van der Waals surface area contributed by atoms with Crippen LogP contribution in [0.4, 0.5) is 84.2 Å². The first-order chi connectivity index (χ1) is 38.7. The van der Waals surface area contributed by atoms with Gasteiger partial charge in [-0.3, -0.25) is 24.2 Å². The van der Waals surface area contributed by atoms with Gasteiger partial charge >= 0.3 is 36.0 Å². The van der Waals surface area contributed by atoms with Crippen LogP contribution in [-0.2, 0) is 11.3 Å². The summed E-state index contributed by atoms with van der Waals surface area (Å²) in [5, 5.41) is 11.5. The number of ether oxygens (including phenoxy) is 2. The fourth-order valence-corrected chi connectivity index (χ4v) is 11.1. The van der Waals surface area contributed by atoms with Crippen molar-refractivity contribution in [1.29, 1.82) is 0 Å². The number of nitrogens with zero attached hydrogens (tertiary/aromatic N) is 6. The number of carbonyl (C=O) groups excluding carboxylic acids is 4. The molecule has 4 amide bonds. The minimum atomic E-state index is -6.33. The Balaban J connectivity index is 0.000000344. The van der Waals surface area contributed by atoms with Gasteiger partial charge in [0.15, 0.2) is 23.9 Å². The number of benzene rings is 4. The molecule has 0 spiro atoms. The number of para-hydroxylation sites is 2. The third-order valence-corrected chi connectivity index (χ3v) is 14.3. The maximum absolute atomic E-state index is 14.6. The van der Waals surface area contributed by atoms with E-state index in [1.807, 2.05) is 0 Å². The van der Waals surface area contributed by atoms with Crippen LogP contribution in [0.1, 0.15) is 52.6 Å². The van der Waals surface area contributed by atoms with Crippen molar-refractivity contribution in [3.63, 3.8) is 0 Å². The molecule has 0 aliphatic heterocycles. The van der Waals surface area contributed by atoms with Crippen LogP contribution >= 0.6 is 86.9 Å². The fraction of sp³-hybridized carbons (Fsp3) is 0.255. The summed E-state index contributed by atoms with van der Waals surface area (Å²) in [5.41, 5.74) is -14.8. The molecule has 4 aromatic carbocycles. The molecule has 13 nitrogen and oxygen atoms in total. The van der Waals surface area contributed by atoms with Crippen molar-refractivity contribution in [3.8, 4) is 11.5 Å². The highest BCUT2D eigenvalue weighted by atomic mass is 79.9. The third kappa shape index (κ3) is 14.4. The normalized spacial score (nSPS) is 12.0. The van der Waals surface area contributed by atoms with Crippen molar-refractivity contribution in [3.05, 3.63) is 166 Å². The number of methoxy groups -OCH3 is 2. The molecule has 84 heavy (non-hydrogen) atoms. The number of hydrogen-bond acceptors (Lipinski definition) is 8. The molecule has 0 saturated carbocycles. The Labute approximate surface area is 511 Å². The molecule has 0 aliphatic rings. The average Bonchev–Trinajstić information content (AvgIpc) is 2.31. The molecule has 0 bridgehead atoms. The monoisotopic (exact) mass is 1500 g/mol. The van der Waals surface area contributed by atoms with E-state index in [2.05, 4.69) is 68.7 Å². The summed E-state index contributed by atoms with van der Waals surface area (Å²) in [6.45, 7) is 0. The molecule has 0 unspecified atom stereocenters. The molecule has 0 radical (unpaired) electrons. The number of halogens is 20. The van der Waals surface area contributed by atoms with Gasteiger partial charge in [-0.05, 0) is 124 Å². The molecule has 0 N–H and O–H groups in total. The number of pyridine rings is 2. The van der Waals surface area contributed by atoms with E-state index in [-0.39, 0.29) is 68.4 Å². The predicted molar refractivity (Wildman–Crippen MR) is 297 cm³/mol. The summed E-state index contributed by atoms with van der Waals surface area (Å²) in [5.74, 6) is -2.80. The summed E-state index contributed by atoms with van der Waals surface area (Å²) in [7, 11) is 7.65. The molecular weight excluding hydrogens is 1470 g/mol. The quantitative estimate of drug-likeness (QED) is 0.0511. The lowest BCUT2D eigenvalue weighted by Crippen LogP contribution is -2.50. The lowest BCUT2D eigenvalue weighted by Gasteiger charge is -2.31. The van der Waals surface area contributed by atoms with E-state index in [9.17, 15) is 85.9 Å². The molecular formula is C51H38Br4Cl2F14N6O7. The minimum absolute atomic E-state index is 0.0370. The molecule has 6 aromatic rings. The fourth-order valence-electron chi connectivity index (χ4n) is 7.71. The Morgan fingerprint density at radius 2 is 0.786 bits per heavy atom. The number of hydrogen-bond donors (Lipinski definition) is 0. The molecule has 0 saturated heterocycles. The second kappa shape index (κ2) is 27.6. The predicted octanol–water partition coefficient (Wildman–Crippen LogP) is 15.6. The van der Waals surface area contributed by atoms with E-state index in [0.717, 1.165) is 27.1 Å². The van der Waals surface area contributed by atoms with Crippen LogP contribution in [0.3, 0.4) is 0 Å². The highest BCUT2D eigenvalue weighted by Crippen LogP contribution is 2.57. The summed E-state index contributed by atoms with van der Waals surface area (Å²) >= 11 is 21.0. The van der Waals surface area contributed by atoms with E-state index in [4.69, 9.17) is 32.7 Å². The Morgan fingerprint density at radius 3 is 1.06 bits per heavy atom. The van der Waals surface area contributed by atoms with Crippen LogP contribution in [0, 0.1) is 5.21 Å². The van der Waals surface area contributed by atoms with Crippen LogP contribution in [0.5, 0.6) is 11.5 Å². The number of rotatable bonds is 12. The van der Waals surface area contributed by atoms with Crippen LogP contribution in [0.2, 0.25) is 0 Å². The molecule has 0 fully saturated rings. The maximum atomic E-state index is 14.6. The van der Waals surface area contributed by atoms with Gasteiger partial charge in [0.05, 0.1) is 59.0 Å². The van der Waals surface area contributed by atoms with Crippen molar-refractivity contribution < 1.29 is 94.8 Å². The number of aromatic nitrogens is 2. The van der Waals surface area contributed by atoms with Gasteiger partial charge in [0.25, 0.3) is 23.6 Å². The van der Waals surface area contributed by atoms with Gasteiger partial charge < -0.3 is 34.3 Å². The number of amides is 4. The van der Waals surface area contributed by atoms with Crippen molar-refractivity contribution in [1.82, 2.24) is 4.98 Å². The van der Waals surface area contributed by atoms with Crippen molar-refractivity contribution >= 4 is 133 Å². The van der Waals surface area contributed by atoms with Gasteiger partial charge in [0.1, 0.15) is 0 Å². The zero-order chi connectivity index (χ0) is 64.0. The largest absolute Gasteiger partial charge is 0.619 e. The Kier molecular flexibility index (Phi) is 23.1. The minimum Gasteiger partial charge on any atom is -0.619 e. The molecule has 454 valence electrons. The molecule has 0 atom stereocenters. The van der Waals surface area contributed by atoms with Gasteiger partial charge in [-0.25, -0.2) is 8.78 Å². The van der Waals surface area contributed by atoms with Gasteiger partial charge in [-0.15, -0.1) is 23.2 Å². The van der Waals surface area contributed by atoms with E-state index in [0.29, 0.717) is 22.4 Å². The van der Waals surface area contributed by atoms with Crippen LogP contribution < -0.4 is 33.8 Å². The van der Waals surface area contributed by atoms with Gasteiger partial charge in [0, 0.05) is 87.3 Å². The van der Waals surface area contributed by atoms with Gasteiger partial charge in [-0.2, -0.15) is 57.4 Å². The van der Waals surface area contributed by atoms with Crippen LogP contribution in [0.25, 0.3) is 0 Å². The van der Waals surface area contributed by atoms with Gasteiger partial charge in [0.2, 0.25) is 0 Å². The zero-order valence-corrected chi connectivity index (χ0v) is 51.1. The SMILES string of the molecule is COc1c(C(=O)N(C)c2c(Br)cc(C(F)(C(F)(F)F)C(F)(F)F)cc2Br)cccc1N(C)C(=O)c1cc[n+]([O-])cc1.COc1c(C(=O)N(C)c2c(Br)cc(C(F)(C(F)(F)F)C(F)(F)F)cc2Br)cccc1N(C)C(=O)c1ccncc1.ClCCl. The van der Waals surface area contributed by atoms with Crippen molar-refractivity contribution in [2.24, 2.45) is 0 Å². The summed E-state index contributed by atoms with van der Waals surface area (Å²) in [6.07, 6.45) is -20.2. The summed E-state index contributed by atoms with van der Waals surface area (Å²) in [6, 6.07) is 15.2. The Morgan fingerprint density at radius 1 is 0.500 bits per heavy atom. The average molecular weight is 1500 g/mol. The van der Waals surface area contributed by atoms with Crippen molar-refractivity contribution in [2.45, 2.75) is 36.0 Å². The summed E-state index contributed by atoms with van der Waals surface area (Å²) in [4.78, 5) is 60.9. The molecule has 33 heteroatoms. The van der Waals surface area contributed by atoms with Crippen LogP contribution in [-0.4, -0.2) is 101 Å². The first-order valence-corrected chi connectivity index (χ1v) is 26.8. The first-order valence-electron chi connectivity index (χ1n) is 22.6. The first kappa shape index (κ1) is 70.5. The highest BCUT2D eigenvalue weighted by Gasteiger charge is 2.74. The number of alkyl halides is 16. The molecule has 0 aliphatic carbocycles. The topological polar surface area (TPSA) is 140 Å². The van der Waals surface area contributed by atoms with E-state index < -0.39 is 88.7 Å². The molecule has 2 aromatic heterocycles.